The molecule has 0 aliphatic heterocycles. The minimum atomic E-state index is 0. The molecule has 6 heteroatoms. The fraction of sp³-hybridized carbons (Fsp3) is 0.750. The van der Waals surface area contributed by atoms with E-state index >= 15 is 0 Å². The summed E-state index contributed by atoms with van der Waals surface area (Å²) in [5.41, 5.74) is 1.11. The molecule has 2 N–H and O–H groups in total. The fourth-order valence-electron chi connectivity index (χ4n) is 2.79. The highest BCUT2D eigenvalue weighted by atomic mass is 127. The second kappa shape index (κ2) is 9.70. The first kappa shape index (κ1) is 19.7. The second-order valence-electron chi connectivity index (χ2n) is 6.04. The Morgan fingerprint density at radius 1 is 1.27 bits per heavy atom. The van der Waals surface area contributed by atoms with Crippen LogP contribution in [-0.2, 0) is 6.54 Å². The summed E-state index contributed by atoms with van der Waals surface area (Å²) < 4.78 is 0. The highest BCUT2D eigenvalue weighted by molar-refractivity contribution is 14.0. The second-order valence-corrected chi connectivity index (χ2v) is 7.33. The predicted octanol–water partition coefficient (Wildman–Crippen LogP) is 4.01. The summed E-state index contributed by atoms with van der Waals surface area (Å²) in [5, 5.41) is 8.08. The number of aliphatic imine (C=N–C) groups is 1. The number of halogens is 1. The van der Waals surface area contributed by atoms with Crippen LogP contribution in [0, 0.1) is 19.8 Å². The average molecular weight is 436 g/mol. The van der Waals surface area contributed by atoms with E-state index < -0.39 is 0 Å². The lowest BCUT2D eigenvalue weighted by Crippen LogP contribution is -2.44. The van der Waals surface area contributed by atoms with Crippen molar-refractivity contribution in [3.8, 4) is 0 Å². The van der Waals surface area contributed by atoms with E-state index in [1.54, 1.807) is 11.3 Å². The molecular weight excluding hydrogens is 407 g/mol. The lowest BCUT2D eigenvalue weighted by Gasteiger charge is -2.28. The van der Waals surface area contributed by atoms with Gasteiger partial charge in [-0.25, -0.2) is 9.98 Å². The van der Waals surface area contributed by atoms with E-state index in [-0.39, 0.29) is 24.0 Å². The standard InChI is InChI=1S/C16H28N4S.HI/c1-5-17-16(20-14-8-6-11(2)7-9-14)18-10-15-12(3)19-13(4)21-15;/h11,14H,5-10H2,1-4H3,(H2,17,18,20);1H. The van der Waals surface area contributed by atoms with Crippen LogP contribution in [0.2, 0.25) is 0 Å². The molecule has 1 fully saturated rings. The van der Waals surface area contributed by atoms with E-state index in [0.717, 1.165) is 35.7 Å². The van der Waals surface area contributed by atoms with Gasteiger partial charge in [-0.2, -0.15) is 0 Å². The lowest BCUT2D eigenvalue weighted by atomic mass is 9.87. The van der Waals surface area contributed by atoms with E-state index in [4.69, 9.17) is 4.99 Å². The predicted molar refractivity (Wildman–Crippen MR) is 106 cm³/mol. The molecule has 22 heavy (non-hydrogen) atoms. The molecule has 1 aromatic rings. The third-order valence-corrected chi connectivity index (χ3v) is 5.14. The highest BCUT2D eigenvalue weighted by Gasteiger charge is 2.18. The molecule has 0 unspecified atom stereocenters. The van der Waals surface area contributed by atoms with Gasteiger partial charge in [0.15, 0.2) is 5.96 Å². The molecule has 0 saturated heterocycles. The number of thiazole rings is 1. The van der Waals surface area contributed by atoms with Crippen molar-refractivity contribution in [1.82, 2.24) is 15.6 Å². The summed E-state index contributed by atoms with van der Waals surface area (Å²) in [6.45, 7) is 10.2. The van der Waals surface area contributed by atoms with Crippen LogP contribution in [0.25, 0.3) is 0 Å². The van der Waals surface area contributed by atoms with Gasteiger partial charge in [-0.05, 0) is 52.4 Å². The summed E-state index contributed by atoms with van der Waals surface area (Å²) >= 11 is 1.75. The first-order valence-corrected chi connectivity index (χ1v) is 8.88. The Balaban J connectivity index is 0.00000242. The maximum Gasteiger partial charge on any atom is 0.191 e. The number of hydrogen-bond acceptors (Lipinski definition) is 3. The quantitative estimate of drug-likeness (QED) is 0.426. The van der Waals surface area contributed by atoms with Gasteiger partial charge >= 0.3 is 0 Å². The summed E-state index contributed by atoms with van der Waals surface area (Å²) in [6, 6.07) is 0.572. The molecule has 126 valence electrons. The Kier molecular flexibility index (Phi) is 8.67. The molecule has 0 radical (unpaired) electrons. The van der Waals surface area contributed by atoms with Gasteiger partial charge in [-0.1, -0.05) is 6.92 Å². The van der Waals surface area contributed by atoms with E-state index in [0.29, 0.717) is 6.04 Å². The van der Waals surface area contributed by atoms with Gasteiger partial charge in [0.25, 0.3) is 0 Å². The van der Waals surface area contributed by atoms with Crippen LogP contribution in [0.3, 0.4) is 0 Å². The molecule has 0 amide bonds. The highest BCUT2D eigenvalue weighted by Crippen LogP contribution is 2.23. The molecule has 0 atom stereocenters. The number of hydrogen-bond donors (Lipinski definition) is 2. The molecular formula is C16H29IN4S. The van der Waals surface area contributed by atoms with E-state index in [2.05, 4.69) is 43.3 Å². The van der Waals surface area contributed by atoms with Crippen LogP contribution < -0.4 is 10.6 Å². The smallest absolute Gasteiger partial charge is 0.191 e. The van der Waals surface area contributed by atoms with E-state index in [1.165, 1.54) is 30.6 Å². The van der Waals surface area contributed by atoms with Crippen molar-refractivity contribution in [2.75, 3.05) is 6.54 Å². The lowest BCUT2D eigenvalue weighted by molar-refractivity contribution is 0.329. The van der Waals surface area contributed by atoms with Crippen molar-refractivity contribution in [2.24, 2.45) is 10.9 Å². The van der Waals surface area contributed by atoms with Crippen molar-refractivity contribution in [3.05, 3.63) is 15.6 Å². The van der Waals surface area contributed by atoms with Crippen LogP contribution in [0.4, 0.5) is 0 Å². The van der Waals surface area contributed by atoms with Gasteiger partial charge in [0.1, 0.15) is 0 Å². The molecule has 0 spiro atoms. The molecule has 0 bridgehead atoms. The number of nitrogens with one attached hydrogen (secondary N) is 2. The molecule has 2 rings (SSSR count). The summed E-state index contributed by atoms with van der Waals surface area (Å²) in [5.74, 6) is 1.83. The van der Waals surface area contributed by atoms with Crippen molar-refractivity contribution < 1.29 is 0 Å². The Hall–Kier alpha value is -0.370. The topological polar surface area (TPSA) is 49.3 Å². The number of guanidine groups is 1. The number of nitrogens with zero attached hydrogens (tertiary/aromatic N) is 2. The number of aryl methyl sites for hydroxylation is 2. The third kappa shape index (κ3) is 6.02. The van der Waals surface area contributed by atoms with Gasteiger partial charge in [-0.3, -0.25) is 0 Å². The van der Waals surface area contributed by atoms with Crippen molar-refractivity contribution >= 4 is 41.3 Å². The Bertz CT molecular complexity index is 478. The monoisotopic (exact) mass is 436 g/mol. The van der Waals surface area contributed by atoms with Gasteiger partial charge in [0.05, 0.1) is 17.2 Å². The van der Waals surface area contributed by atoms with Gasteiger partial charge in [0, 0.05) is 17.5 Å². The third-order valence-electron chi connectivity index (χ3n) is 4.08. The largest absolute Gasteiger partial charge is 0.357 e. The van der Waals surface area contributed by atoms with Crippen LogP contribution in [-0.4, -0.2) is 23.5 Å². The molecule has 1 saturated carbocycles. The number of rotatable bonds is 4. The minimum Gasteiger partial charge on any atom is -0.357 e. The fourth-order valence-corrected chi connectivity index (χ4v) is 3.65. The summed E-state index contributed by atoms with van der Waals surface area (Å²) in [7, 11) is 0. The van der Waals surface area contributed by atoms with Crippen molar-refractivity contribution in [3.63, 3.8) is 0 Å². The zero-order valence-corrected chi connectivity index (χ0v) is 17.3. The molecule has 1 aliphatic rings. The number of aromatic nitrogens is 1. The minimum absolute atomic E-state index is 0. The molecule has 1 aliphatic carbocycles. The molecule has 1 heterocycles. The SMILES string of the molecule is CCNC(=NCc1sc(C)nc1C)NC1CCC(C)CC1.I. The molecule has 0 aromatic carbocycles. The van der Waals surface area contributed by atoms with Crippen LogP contribution in [0.15, 0.2) is 4.99 Å². The average Bonchev–Trinajstić information content (AvgIpc) is 2.77. The maximum atomic E-state index is 4.74. The zero-order chi connectivity index (χ0) is 15.2. The maximum absolute atomic E-state index is 4.74. The van der Waals surface area contributed by atoms with Crippen molar-refractivity contribution in [2.45, 2.75) is 66.0 Å². The van der Waals surface area contributed by atoms with Crippen LogP contribution in [0.1, 0.15) is 55.1 Å². The molecule has 1 aromatic heterocycles. The van der Waals surface area contributed by atoms with E-state index in [9.17, 15) is 0 Å². The van der Waals surface area contributed by atoms with E-state index in [1.807, 2.05) is 0 Å². The van der Waals surface area contributed by atoms with Crippen LogP contribution >= 0.6 is 35.3 Å². The van der Waals surface area contributed by atoms with Gasteiger partial charge in [0.2, 0.25) is 0 Å². The first-order valence-electron chi connectivity index (χ1n) is 8.06. The summed E-state index contributed by atoms with van der Waals surface area (Å²) in [6.07, 6.45) is 5.16. The first-order chi connectivity index (χ1) is 10.1. The normalized spacial score (nSPS) is 22.1. The van der Waals surface area contributed by atoms with Crippen molar-refractivity contribution in [1.29, 1.82) is 0 Å². The zero-order valence-electron chi connectivity index (χ0n) is 14.1. The van der Waals surface area contributed by atoms with Gasteiger partial charge in [-0.15, -0.1) is 35.3 Å². The van der Waals surface area contributed by atoms with Crippen LogP contribution in [0.5, 0.6) is 0 Å². The molecule has 4 nitrogen and oxygen atoms in total. The Morgan fingerprint density at radius 2 is 1.95 bits per heavy atom. The van der Waals surface area contributed by atoms with Gasteiger partial charge < -0.3 is 10.6 Å². The Morgan fingerprint density at radius 3 is 2.50 bits per heavy atom. The Labute approximate surface area is 155 Å². The summed E-state index contributed by atoms with van der Waals surface area (Å²) in [4.78, 5) is 10.5.